The zero-order chi connectivity index (χ0) is 33.5. The second kappa shape index (κ2) is 10.8. The van der Waals surface area contributed by atoms with Crippen molar-refractivity contribution < 1.29 is 9.52 Å². The predicted octanol–water partition coefficient (Wildman–Crippen LogP) is 5.90. The van der Waals surface area contributed by atoms with Gasteiger partial charge in [0.15, 0.2) is 0 Å². The quantitative estimate of drug-likeness (QED) is 0.191. The highest BCUT2D eigenvalue weighted by molar-refractivity contribution is 6.53. The first kappa shape index (κ1) is 29.7. The molecule has 0 aliphatic rings. The molecule has 0 aliphatic carbocycles. The van der Waals surface area contributed by atoms with Gasteiger partial charge in [-0.3, -0.25) is 4.57 Å². The summed E-state index contributed by atoms with van der Waals surface area (Å²) in [5.74, 6) is 0.829. The van der Waals surface area contributed by atoms with E-state index < -0.39 is 10.6 Å². The van der Waals surface area contributed by atoms with E-state index in [-0.39, 0.29) is 0 Å². The third kappa shape index (κ3) is 4.44. The minimum Gasteiger partial charge on any atom is -0.456 e. The summed E-state index contributed by atoms with van der Waals surface area (Å²) in [5.41, 5.74) is 9.46. The van der Waals surface area contributed by atoms with E-state index >= 15 is 0 Å². The Balaban J connectivity index is 1.28. The molecule has 2 aromatic heterocycles. The maximum absolute atomic E-state index is 11.2. The topological polar surface area (TPSA) is 51.2 Å². The SMILES string of the molecule is BC(B)(O)C(B)(B)c1nc2ccccc2n1-c1ccc(-c2c3ccccc3c(-c3cccc4oc5ccccc5c34)c3ccccc23)cc1. The van der Waals surface area contributed by atoms with Gasteiger partial charge in [-0.05, 0) is 90.8 Å². The number of aromatic nitrogens is 2. The Morgan fingerprint density at radius 3 is 1.76 bits per heavy atom. The van der Waals surface area contributed by atoms with E-state index in [1.54, 1.807) is 0 Å². The van der Waals surface area contributed by atoms with Crippen LogP contribution < -0.4 is 0 Å². The molecule has 9 rings (SSSR count). The van der Waals surface area contributed by atoms with Crippen LogP contribution in [0.2, 0.25) is 0 Å². The maximum atomic E-state index is 11.2. The van der Waals surface area contributed by atoms with Gasteiger partial charge in [-0.15, -0.1) is 0 Å². The van der Waals surface area contributed by atoms with E-state index in [9.17, 15) is 5.11 Å². The zero-order valence-electron chi connectivity index (χ0n) is 28.0. The summed E-state index contributed by atoms with van der Waals surface area (Å²) in [4.78, 5) is 5.06. The van der Waals surface area contributed by atoms with Gasteiger partial charge in [-0.25, -0.2) is 4.98 Å². The fraction of sp³-hybridized carbons (Fsp3) is 0.0488. The lowest BCUT2D eigenvalue weighted by atomic mass is 9.35. The molecule has 8 heteroatoms. The van der Waals surface area contributed by atoms with Crippen LogP contribution in [0.4, 0.5) is 0 Å². The van der Waals surface area contributed by atoms with Gasteiger partial charge < -0.3 is 9.52 Å². The minimum absolute atomic E-state index is 0.615. The molecule has 4 nitrogen and oxygen atoms in total. The fourth-order valence-electron chi connectivity index (χ4n) is 7.47. The smallest absolute Gasteiger partial charge is 0.136 e. The van der Waals surface area contributed by atoms with Crippen molar-refractivity contribution >= 4 is 85.9 Å². The molecule has 0 spiro atoms. The summed E-state index contributed by atoms with van der Waals surface area (Å²) in [5, 5.41) is 16.7. The Morgan fingerprint density at radius 1 is 0.551 bits per heavy atom. The highest BCUT2D eigenvalue weighted by atomic mass is 16.3. The van der Waals surface area contributed by atoms with Gasteiger partial charge in [0.1, 0.15) is 48.4 Å². The molecule has 0 atom stereocenters. The lowest BCUT2D eigenvalue weighted by Gasteiger charge is -2.38. The van der Waals surface area contributed by atoms with Gasteiger partial charge in [0, 0.05) is 16.5 Å². The molecule has 0 unspecified atom stereocenters. The number of nitrogens with zero attached hydrogens (tertiary/aromatic N) is 2. The molecular weight excluding hydrogens is 596 g/mol. The Morgan fingerprint density at radius 2 is 1.10 bits per heavy atom. The second-order valence-corrected chi connectivity index (χ2v) is 14.1. The van der Waals surface area contributed by atoms with Gasteiger partial charge in [-0.1, -0.05) is 103 Å². The van der Waals surface area contributed by atoms with Crippen molar-refractivity contribution in [1.82, 2.24) is 9.55 Å². The fourth-order valence-corrected chi connectivity index (χ4v) is 7.47. The van der Waals surface area contributed by atoms with Gasteiger partial charge in [0.2, 0.25) is 0 Å². The monoisotopic (exact) mass is 628 g/mol. The first-order valence-electron chi connectivity index (χ1n) is 16.9. The first-order chi connectivity index (χ1) is 23.7. The van der Waals surface area contributed by atoms with E-state index in [1.165, 1.54) is 38.2 Å². The number of fused-ring (bicyclic) bond motifs is 6. The van der Waals surface area contributed by atoms with E-state index in [0.29, 0.717) is 0 Å². The van der Waals surface area contributed by atoms with Crippen LogP contribution in [0.3, 0.4) is 0 Å². The molecule has 1 N–H and O–H groups in total. The molecule has 0 bridgehead atoms. The number of hydrogen-bond donors (Lipinski definition) is 1. The van der Waals surface area contributed by atoms with Gasteiger partial charge in [0.05, 0.1) is 11.0 Å². The van der Waals surface area contributed by atoms with Gasteiger partial charge in [-0.2, -0.15) is 0 Å². The number of rotatable bonds is 5. The molecule has 0 saturated carbocycles. The Hall–Kier alpha value is -5.45. The molecule has 7 aromatic carbocycles. The molecule has 49 heavy (non-hydrogen) atoms. The van der Waals surface area contributed by atoms with Crippen molar-refractivity contribution in [3.05, 3.63) is 145 Å². The van der Waals surface area contributed by atoms with E-state index in [1.807, 2.05) is 46.0 Å². The van der Waals surface area contributed by atoms with Crippen LogP contribution in [0.15, 0.2) is 144 Å². The number of para-hydroxylation sites is 3. The average molecular weight is 628 g/mol. The molecule has 0 aliphatic heterocycles. The number of benzene rings is 7. The normalized spacial score (nSPS) is 12.5. The Labute approximate surface area is 288 Å². The molecule has 0 saturated heterocycles. The van der Waals surface area contributed by atoms with Gasteiger partial charge in [0.25, 0.3) is 0 Å². The molecule has 0 amide bonds. The first-order valence-corrected chi connectivity index (χ1v) is 16.9. The van der Waals surface area contributed by atoms with Crippen molar-refractivity contribution in [3.63, 3.8) is 0 Å². The van der Waals surface area contributed by atoms with Crippen LogP contribution >= 0.6 is 0 Å². The van der Waals surface area contributed by atoms with Crippen LogP contribution in [0.25, 0.3) is 82.5 Å². The number of aliphatic hydroxyl groups is 1. The molecule has 9 aromatic rings. The van der Waals surface area contributed by atoms with Crippen LogP contribution in [0.5, 0.6) is 0 Å². The largest absolute Gasteiger partial charge is 0.456 e. The Kier molecular flexibility index (Phi) is 6.53. The summed E-state index contributed by atoms with van der Waals surface area (Å²) in [6, 6.07) is 49.3. The average Bonchev–Trinajstić information content (AvgIpc) is 3.70. The van der Waals surface area contributed by atoms with E-state index in [0.717, 1.165) is 50.0 Å². The van der Waals surface area contributed by atoms with Crippen molar-refractivity contribution in [3.8, 4) is 27.9 Å². The zero-order valence-corrected chi connectivity index (χ0v) is 28.0. The summed E-state index contributed by atoms with van der Waals surface area (Å²) >= 11 is 0. The number of imidazole rings is 1. The van der Waals surface area contributed by atoms with Gasteiger partial charge >= 0.3 is 0 Å². The van der Waals surface area contributed by atoms with Crippen LogP contribution in [-0.2, 0) is 5.21 Å². The summed E-state index contributed by atoms with van der Waals surface area (Å²) in [6.07, 6.45) is 0. The summed E-state index contributed by atoms with van der Waals surface area (Å²) < 4.78 is 8.53. The van der Waals surface area contributed by atoms with E-state index in [4.69, 9.17) is 9.40 Å². The van der Waals surface area contributed by atoms with Crippen LogP contribution in [-0.4, -0.2) is 51.4 Å². The highest BCUT2D eigenvalue weighted by Crippen LogP contribution is 2.47. The number of furan rings is 1. The molecule has 230 valence electrons. The summed E-state index contributed by atoms with van der Waals surface area (Å²) in [6.45, 7) is 0. The van der Waals surface area contributed by atoms with Crippen molar-refractivity contribution in [1.29, 1.82) is 0 Å². The number of hydrogen-bond acceptors (Lipinski definition) is 3. The second-order valence-electron chi connectivity index (χ2n) is 14.1. The third-order valence-electron chi connectivity index (χ3n) is 10.7. The van der Waals surface area contributed by atoms with Crippen molar-refractivity contribution in [2.45, 2.75) is 10.6 Å². The van der Waals surface area contributed by atoms with E-state index in [2.05, 4.69) is 129 Å². The maximum Gasteiger partial charge on any atom is 0.136 e. The predicted molar refractivity (Wildman–Crippen MR) is 215 cm³/mol. The highest BCUT2D eigenvalue weighted by Gasteiger charge is 2.40. The minimum atomic E-state index is -0.987. The lowest BCUT2D eigenvalue weighted by molar-refractivity contribution is 0.189. The molecule has 2 heterocycles. The standard InChI is InChI=1S/C41H32B4N2O2/c42-40(43,41(44,45)48)39-46-32-16-6-7-17-33(32)47(39)25-22-20-24(21-23-25)36-26-10-1-3-12-28(26)37(29-13-4-2-11-27(29)36)31-15-9-19-35-38(31)30-14-5-8-18-34(30)49-35/h1-23,48H,42-45H2. The summed E-state index contributed by atoms with van der Waals surface area (Å²) in [7, 11) is 7.84. The Bertz CT molecular complexity index is 2680. The third-order valence-corrected chi connectivity index (χ3v) is 10.7. The van der Waals surface area contributed by atoms with Crippen molar-refractivity contribution in [2.75, 3.05) is 0 Å². The van der Waals surface area contributed by atoms with Crippen molar-refractivity contribution in [2.24, 2.45) is 0 Å². The molecule has 0 fully saturated rings. The molecular formula is C41H32B4N2O2. The van der Waals surface area contributed by atoms with Crippen LogP contribution in [0, 0.1) is 0 Å². The lowest BCUT2D eigenvalue weighted by Crippen LogP contribution is -2.55. The molecule has 0 radical (unpaired) electrons. The van der Waals surface area contributed by atoms with Crippen LogP contribution in [0.1, 0.15) is 5.82 Å².